The Bertz CT molecular complexity index is 536. The second kappa shape index (κ2) is 6.59. The molecule has 1 saturated heterocycles. The lowest BCUT2D eigenvalue weighted by Gasteiger charge is -2.21. The number of nitrogens with one attached hydrogen (secondary N) is 1. The average molecular weight is 322 g/mol. The Kier molecular flexibility index (Phi) is 4.74. The highest BCUT2D eigenvalue weighted by atomic mass is 35.5. The highest BCUT2D eigenvalue weighted by Crippen LogP contribution is 2.49. The number of rotatable bonds is 6. The first-order chi connectivity index (χ1) is 10.6. The molecule has 0 unspecified atom stereocenters. The number of carbonyl (C=O) groups excluding carboxylic acids is 1. The molecule has 120 valence electrons. The first-order valence-corrected chi connectivity index (χ1v) is 8.66. The largest absolute Gasteiger partial charge is 0.378 e. The van der Waals surface area contributed by atoms with Gasteiger partial charge < -0.3 is 10.1 Å². The minimum atomic E-state index is -0.344. The maximum Gasteiger partial charge on any atom is 0.230 e. The van der Waals surface area contributed by atoms with Crippen LogP contribution in [0.2, 0.25) is 5.02 Å². The van der Waals surface area contributed by atoms with Crippen LogP contribution in [0.15, 0.2) is 24.3 Å². The minimum absolute atomic E-state index is 0.148. The molecule has 22 heavy (non-hydrogen) atoms. The Balaban J connectivity index is 1.54. The molecule has 4 heteroatoms. The first-order valence-electron chi connectivity index (χ1n) is 8.29. The fourth-order valence-corrected chi connectivity index (χ4v) is 3.49. The molecule has 3 nitrogen and oxygen atoms in total. The van der Waals surface area contributed by atoms with Gasteiger partial charge in [0.1, 0.15) is 0 Å². The van der Waals surface area contributed by atoms with Crippen LogP contribution in [-0.4, -0.2) is 24.7 Å². The number of halogens is 1. The zero-order chi connectivity index (χ0) is 15.6. The summed E-state index contributed by atoms with van der Waals surface area (Å²) in [7, 11) is 0. The highest BCUT2D eigenvalue weighted by Gasteiger charge is 2.51. The Morgan fingerprint density at radius 1 is 1.50 bits per heavy atom. The van der Waals surface area contributed by atoms with E-state index in [1.807, 2.05) is 24.3 Å². The van der Waals surface area contributed by atoms with Gasteiger partial charge >= 0.3 is 0 Å². The summed E-state index contributed by atoms with van der Waals surface area (Å²) >= 11 is 6.07. The van der Waals surface area contributed by atoms with E-state index in [0.717, 1.165) is 44.3 Å². The summed E-state index contributed by atoms with van der Waals surface area (Å²) in [5.74, 6) is 0.148. The molecule has 1 N–H and O–H groups in total. The summed E-state index contributed by atoms with van der Waals surface area (Å²) in [5.41, 5.74) is 0.701. The Morgan fingerprint density at radius 2 is 2.32 bits per heavy atom. The van der Waals surface area contributed by atoms with Gasteiger partial charge in [-0.15, -0.1) is 0 Å². The van der Waals surface area contributed by atoms with Gasteiger partial charge in [0.25, 0.3) is 0 Å². The number of amides is 1. The Morgan fingerprint density at radius 3 is 2.95 bits per heavy atom. The zero-order valence-corrected chi connectivity index (χ0v) is 13.9. The summed E-state index contributed by atoms with van der Waals surface area (Å²) in [4.78, 5) is 12.7. The maximum absolute atomic E-state index is 12.7. The molecule has 1 aromatic rings. The molecule has 0 radical (unpaired) electrons. The van der Waals surface area contributed by atoms with Gasteiger partial charge in [-0.25, -0.2) is 0 Å². The molecule has 1 heterocycles. The minimum Gasteiger partial charge on any atom is -0.378 e. The van der Waals surface area contributed by atoms with Gasteiger partial charge in [-0.3, -0.25) is 4.79 Å². The lowest BCUT2D eigenvalue weighted by atomic mass is 9.94. The van der Waals surface area contributed by atoms with Gasteiger partial charge in [0, 0.05) is 17.7 Å². The normalized spacial score (nSPS) is 24.0. The fourth-order valence-electron chi connectivity index (χ4n) is 3.30. The van der Waals surface area contributed by atoms with Gasteiger partial charge in [0.15, 0.2) is 0 Å². The third-order valence-corrected chi connectivity index (χ3v) is 5.12. The molecule has 1 aliphatic carbocycles. The van der Waals surface area contributed by atoms with E-state index in [1.54, 1.807) is 0 Å². The van der Waals surface area contributed by atoms with Crippen LogP contribution in [0, 0.1) is 0 Å². The standard InChI is InChI=1S/C18H24ClNO2/c1-13(7-8-16-6-3-11-22-16)20-17(21)18(9-10-18)14-4-2-5-15(19)12-14/h2,4-5,12-13,16H,3,6-11H2,1H3,(H,20,21)/t13-,16+/m1/s1. The molecule has 0 bridgehead atoms. The van der Waals surface area contributed by atoms with Crippen molar-refractivity contribution >= 4 is 17.5 Å². The van der Waals surface area contributed by atoms with Crippen molar-refractivity contribution in [1.82, 2.24) is 5.32 Å². The van der Waals surface area contributed by atoms with Crippen LogP contribution in [-0.2, 0) is 14.9 Å². The van der Waals surface area contributed by atoms with Gasteiger partial charge in [0.05, 0.1) is 11.5 Å². The number of hydrogen-bond acceptors (Lipinski definition) is 2. The van der Waals surface area contributed by atoms with Crippen molar-refractivity contribution in [3.63, 3.8) is 0 Å². The molecule has 2 atom stereocenters. The molecular formula is C18H24ClNO2. The zero-order valence-electron chi connectivity index (χ0n) is 13.1. The molecular weight excluding hydrogens is 298 g/mol. The molecule has 2 fully saturated rings. The molecule has 0 aromatic heterocycles. The van der Waals surface area contributed by atoms with Crippen LogP contribution in [0.1, 0.15) is 51.0 Å². The molecule has 1 saturated carbocycles. The molecule has 0 spiro atoms. The van der Waals surface area contributed by atoms with Crippen molar-refractivity contribution < 1.29 is 9.53 Å². The summed E-state index contributed by atoms with van der Waals surface area (Å²) in [5, 5.41) is 3.88. The van der Waals surface area contributed by atoms with E-state index in [2.05, 4.69) is 12.2 Å². The van der Waals surface area contributed by atoms with E-state index in [-0.39, 0.29) is 17.4 Å². The second-order valence-electron chi connectivity index (χ2n) is 6.68. The third-order valence-electron chi connectivity index (χ3n) is 4.88. The number of carbonyl (C=O) groups is 1. The van der Waals surface area contributed by atoms with Gasteiger partial charge in [0.2, 0.25) is 5.91 Å². The molecule has 1 amide bonds. The summed E-state index contributed by atoms with van der Waals surface area (Å²) in [6.45, 7) is 2.98. The topological polar surface area (TPSA) is 38.3 Å². The average Bonchev–Trinajstić information content (AvgIpc) is 3.15. The van der Waals surface area contributed by atoms with Crippen molar-refractivity contribution in [3.05, 3.63) is 34.9 Å². The monoisotopic (exact) mass is 321 g/mol. The van der Waals surface area contributed by atoms with Gasteiger partial charge in [-0.1, -0.05) is 23.7 Å². The van der Waals surface area contributed by atoms with Gasteiger partial charge in [-0.05, 0) is 63.1 Å². The lowest BCUT2D eigenvalue weighted by Crippen LogP contribution is -2.40. The molecule has 2 aliphatic rings. The number of ether oxygens (including phenoxy) is 1. The summed E-state index contributed by atoms with van der Waals surface area (Å²) in [6.07, 6.45) is 6.56. The van der Waals surface area contributed by atoms with Crippen LogP contribution in [0.25, 0.3) is 0 Å². The number of hydrogen-bond donors (Lipinski definition) is 1. The number of benzene rings is 1. The Hall–Kier alpha value is -1.06. The lowest BCUT2D eigenvalue weighted by molar-refractivity contribution is -0.124. The predicted molar refractivity (Wildman–Crippen MR) is 88.2 cm³/mol. The van der Waals surface area contributed by atoms with Crippen molar-refractivity contribution in [2.24, 2.45) is 0 Å². The summed E-state index contributed by atoms with van der Waals surface area (Å²) in [6, 6.07) is 7.89. The van der Waals surface area contributed by atoms with Crippen LogP contribution < -0.4 is 5.32 Å². The van der Waals surface area contributed by atoms with Crippen molar-refractivity contribution in [2.45, 2.75) is 63.0 Å². The van der Waals surface area contributed by atoms with Crippen molar-refractivity contribution in [1.29, 1.82) is 0 Å². The smallest absolute Gasteiger partial charge is 0.230 e. The van der Waals surface area contributed by atoms with Crippen molar-refractivity contribution in [3.8, 4) is 0 Å². The van der Waals surface area contributed by atoms with Crippen LogP contribution in [0.5, 0.6) is 0 Å². The molecule has 3 rings (SSSR count). The van der Waals surface area contributed by atoms with Crippen LogP contribution >= 0.6 is 11.6 Å². The fraction of sp³-hybridized carbons (Fsp3) is 0.611. The van der Waals surface area contributed by atoms with E-state index >= 15 is 0 Å². The van der Waals surface area contributed by atoms with E-state index in [1.165, 1.54) is 6.42 Å². The predicted octanol–water partition coefficient (Wildman–Crippen LogP) is 3.84. The third kappa shape index (κ3) is 3.47. The van der Waals surface area contributed by atoms with Crippen LogP contribution in [0.4, 0.5) is 0 Å². The highest BCUT2D eigenvalue weighted by molar-refractivity contribution is 6.30. The SMILES string of the molecule is C[C@H](CC[C@@H]1CCCO1)NC(=O)C1(c2cccc(Cl)c2)CC1. The van der Waals surface area contributed by atoms with Gasteiger partial charge in [-0.2, -0.15) is 0 Å². The van der Waals surface area contributed by atoms with Crippen LogP contribution in [0.3, 0.4) is 0 Å². The first kappa shape index (κ1) is 15.8. The van der Waals surface area contributed by atoms with E-state index < -0.39 is 0 Å². The molecule has 1 aromatic carbocycles. The molecule has 1 aliphatic heterocycles. The summed E-state index contributed by atoms with van der Waals surface area (Å²) < 4.78 is 5.64. The Labute approximate surface area is 137 Å². The second-order valence-corrected chi connectivity index (χ2v) is 7.12. The van der Waals surface area contributed by atoms with E-state index in [9.17, 15) is 4.79 Å². The van der Waals surface area contributed by atoms with E-state index in [4.69, 9.17) is 16.3 Å². The quantitative estimate of drug-likeness (QED) is 0.864. The van der Waals surface area contributed by atoms with E-state index in [0.29, 0.717) is 11.1 Å². The van der Waals surface area contributed by atoms with Crippen molar-refractivity contribution in [2.75, 3.05) is 6.61 Å². The maximum atomic E-state index is 12.7.